The van der Waals surface area contributed by atoms with Gasteiger partial charge in [-0.05, 0) is 48.2 Å². The minimum Gasteiger partial charge on any atom is -0.339 e. The lowest BCUT2D eigenvalue weighted by molar-refractivity contribution is -0.118. The molecule has 1 aromatic heterocycles. The van der Waals surface area contributed by atoms with Crippen LogP contribution in [0.15, 0.2) is 36.5 Å². The number of pyridine rings is 1. The maximum Gasteiger partial charge on any atom is 0.270 e. The van der Waals surface area contributed by atoms with Crippen molar-refractivity contribution in [2.75, 3.05) is 11.9 Å². The number of nitrogens with one attached hydrogen (secondary N) is 3. The van der Waals surface area contributed by atoms with E-state index in [1.165, 1.54) is 6.20 Å². The number of aromatic nitrogens is 1. The number of benzene rings is 1. The van der Waals surface area contributed by atoms with Gasteiger partial charge >= 0.3 is 0 Å². The van der Waals surface area contributed by atoms with Crippen LogP contribution in [-0.4, -0.2) is 29.4 Å². The Labute approximate surface area is 157 Å². The molecule has 0 saturated carbocycles. The highest BCUT2D eigenvalue weighted by molar-refractivity contribution is 6.00. The van der Waals surface area contributed by atoms with Crippen LogP contribution in [0.25, 0.3) is 0 Å². The quantitative estimate of drug-likeness (QED) is 0.754. The van der Waals surface area contributed by atoms with Crippen molar-refractivity contribution in [2.24, 2.45) is 5.92 Å². The highest BCUT2D eigenvalue weighted by atomic mass is 19.1. The van der Waals surface area contributed by atoms with Gasteiger partial charge < -0.3 is 16.0 Å². The van der Waals surface area contributed by atoms with Crippen LogP contribution in [0, 0.1) is 11.7 Å². The Morgan fingerprint density at radius 2 is 2.04 bits per heavy atom. The maximum absolute atomic E-state index is 14.8. The molecule has 0 fully saturated rings. The van der Waals surface area contributed by atoms with Crippen LogP contribution in [0.4, 0.5) is 10.1 Å². The van der Waals surface area contributed by atoms with Crippen LogP contribution in [0.1, 0.15) is 35.5 Å². The zero-order valence-corrected chi connectivity index (χ0v) is 15.4. The molecule has 1 aliphatic rings. The number of anilines is 1. The maximum atomic E-state index is 14.8. The molecular weight excluding hydrogens is 347 g/mol. The standard InChI is InChI=1S/C20H23FN4O2/c1-12(2)18(25-19(26)16-5-3-4-9-23-16)20(27)24-15-7-6-13-11-22-10-8-14(13)17(15)21/h3-7,9,12,18,22H,8,10-11H2,1-2H3,(H,24,27)(H,25,26). The number of carbonyl (C=O) groups is 2. The second-order valence-electron chi connectivity index (χ2n) is 6.89. The van der Waals surface area contributed by atoms with Gasteiger partial charge in [-0.3, -0.25) is 14.6 Å². The van der Waals surface area contributed by atoms with Crippen molar-refractivity contribution in [1.82, 2.24) is 15.6 Å². The van der Waals surface area contributed by atoms with Gasteiger partial charge in [0.1, 0.15) is 17.6 Å². The third-order valence-electron chi connectivity index (χ3n) is 4.60. The zero-order chi connectivity index (χ0) is 19.4. The van der Waals surface area contributed by atoms with Crippen molar-refractivity contribution >= 4 is 17.5 Å². The number of fused-ring (bicyclic) bond motifs is 1. The fraction of sp³-hybridized carbons (Fsp3) is 0.350. The first-order valence-corrected chi connectivity index (χ1v) is 9.01. The Morgan fingerprint density at radius 1 is 1.22 bits per heavy atom. The van der Waals surface area contributed by atoms with Gasteiger partial charge in [0.05, 0.1) is 5.69 Å². The van der Waals surface area contributed by atoms with Crippen molar-refractivity contribution in [3.8, 4) is 0 Å². The summed E-state index contributed by atoms with van der Waals surface area (Å²) < 4.78 is 14.8. The predicted molar refractivity (Wildman–Crippen MR) is 101 cm³/mol. The number of rotatable bonds is 5. The van der Waals surface area contributed by atoms with E-state index in [-0.39, 0.29) is 17.3 Å². The molecule has 1 aliphatic heterocycles. The molecule has 0 spiro atoms. The van der Waals surface area contributed by atoms with E-state index in [0.717, 1.165) is 5.56 Å². The second kappa shape index (κ2) is 8.26. The van der Waals surface area contributed by atoms with Gasteiger partial charge in [-0.2, -0.15) is 0 Å². The molecule has 1 unspecified atom stereocenters. The average molecular weight is 370 g/mol. The van der Waals surface area contributed by atoms with E-state index in [2.05, 4.69) is 20.9 Å². The van der Waals surface area contributed by atoms with E-state index in [0.29, 0.717) is 25.1 Å². The predicted octanol–water partition coefficient (Wildman–Crippen LogP) is 2.26. The molecule has 2 aromatic rings. The Bertz CT molecular complexity index is 839. The smallest absolute Gasteiger partial charge is 0.270 e. The lowest BCUT2D eigenvalue weighted by Gasteiger charge is -2.23. The van der Waals surface area contributed by atoms with Gasteiger partial charge in [0.2, 0.25) is 5.91 Å². The van der Waals surface area contributed by atoms with Crippen LogP contribution in [0.2, 0.25) is 0 Å². The number of amides is 2. The molecule has 3 rings (SSSR count). The van der Waals surface area contributed by atoms with Gasteiger partial charge in [-0.15, -0.1) is 0 Å². The van der Waals surface area contributed by atoms with Gasteiger partial charge in [0.25, 0.3) is 5.91 Å². The van der Waals surface area contributed by atoms with Crippen LogP contribution < -0.4 is 16.0 Å². The monoisotopic (exact) mass is 370 g/mol. The lowest BCUT2D eigenvalue weighted by atomic mass is 9.99. The number of carbonyl (C=O) groups excluding carboxylic acids is 2. The van der Waals surface area contributed by atoms with Gasteiger partial charge in [-0.25, -0.2) is 4.39 Å². The average Bonchev–Trinajstić information content (AvgIpc) is 2.68. The topological polar surface area (TPSA) is 83.1 Å². The summed E-state index contributed by atoms with van der Waals surface area (Å²) >= 11 is 0. The van der Waals surface area contributed by atoms with E-state index < -0.39 is 23.7 Å². The van der Waals surface area contributed by atoms with Crippen molar-refractivity contribution < 1.29 is 14.0 Å². The molecule has 142 valence electrons. The molecule has 7 heteroatoms. The van der Waals surface area contributed by atoms with Crippen LogP contribution in [0.5, 0.6) is 0 Å². The minimum absolute atomic E-state index is 0.137. The van der Waals surface area contributed by atoms with E-state index in [1.54, 1.807) is 24.3 Å². The molecule has 6 nitrogen and oxygen atoms in total. The molecule has 0 radical (unpaired) electrons. The molecule has 0 saturated heterocycles. The largest absolute Gasteiger partial charge is 0.339 e. The first kappa shape index (κ1) is 19.0. The molecular formula is C20H23FN4O2. The van der Waals surface area contributed by atoms with Gasteiger partial charge in [-0.1, -0.05) is 26.0 Å². The van der Waals surface area contributed by atoms with Crippen molar-refractivity contribution in [1.29, 1.82) is 0 Å². The van der Waals surface area contributed by atoms with Crippen molar-refractivity contribution in [3.05, 3.63) is 59.2 Å². The molecule has 0 aliphatic carbocycles. The first-order chi connectivity index (χ1) is 13.0. The number of hydrogen-bond acceptors (Lipinski definition) is 4. The summed E-state index contributed by atoms with van der Waals surface area (Å²) in [5.74, 6) is -1.48. The Balaban J connectivity index is 1.75. The molecule has 1 aromatic carbocycles. The fourth-order valence-corrected chi connectivity index (χ4v) is 3.09. The highest BCUT2D eigenvalue weighted by Crippen LogP contribution is 2.25. The summed E-state index contributed by atoms with van der Waals surface area (Å²) in [6.45, 7) is 4.96. The first-order valence-electron chi connectivity index (χ1n) is 9.01. The molecule has 1 atom stereocenters. The SMILES string of the molecule is CC(C)C(NC(=O)c1ccccn1)C(=O)Nc1ccc2c(c1F)CCNC2. The zero-order valence-electron chi connectivity index (χ0n) is 15.4. The third-order valence-corrected chi connectivity index (χ3v) is 4.60. The third kappa shape index (κ3) is 4.31. The number of hydrogen-bond donors (Lipinski definition) is 3. The Kier molecular flexibility index (Phi) is 5.81. The van der Waals surface area contributed by atoms with Gasteiger partial charge in [0, 0.05) is 12.7 Å². The molecule has 0 bridgehead atoms. The van der Waals surface area contributed by atoms with Crippen LogP contribution >= 0.6 is 0 Å². The second-order valence-corrected chi connectivity index (χ2v) is 6.89. The normalized spacial score (nSPS) is 14.4. The lowest BCUT2D eigenvalue weighted by Crippen LogP contribution is -2.47. The number of halogens is 1. The van der Waals surface area contributed by atoms with E-state index in [9.17, 15) is 14.0 Å². The summed E-state index contributed by atoms with van der Waals surface area (Å²) in [5.41, 5.74) is 1.90. The summed E-state index contributed by atoms with van der Waals surface area (Å²) in [6, 6.07) is 7.55. The fourth-order valence-electron chi connectivity index (χ4n) is 3.09. The molecule has 2 amide bonds. The highest BCUT2D eigenvalue weighted by Gasteiger charge is 2.26. The molecule has 3 N–H and O–H groups in total. The van der Waals surface area contributed by atoms with E-state index >= 15 is 0 Å². The van der Waals surface area contributed by atoms with Crippen LogP contribution in [0.3, 0.4) is 0 Å². The van der Waals surface area contributed by atoms with E-state index in [4.69, 9.17) is 0 Å². The van der Waals surface area contributed by atoms with Crippen molar-refractivity contribution in [3.63, 3.8) is 0 Å². The minimum atomic E-state index is -0.809. The summed E-state index contributed by atoms with van der Waals surface area (Å²) in [4.78, 5) is 29.0. The number of nitrogens with zero attached hydrogens (tertiary/aromatic N) is 1. The van der Waals surface area contributed by atoms with Crippen molar-refractivity contribution in [2.45, 2.75) is 32.9 Å². The van der Waals surface area contributed by atoms with E-state index in [1.807, 2.05) is 19.9 Å². The Morgan fingerprint density at radius 3 is 2.74 bits per heavy atom. The van der Waals surface area contributed by atoms with Crippen LogP contribution in [-0.2, 0) is 17.8 Å². The molecule has 27 heavy (non-hydrogen) atoms. The summed E-state index contributed by atoms with van der Waals surface area (Å²) in [7, 11) is 0. The summed E-state index contributed by atoms with van der Waals surface area (Å²) in [5, 5.41) is 8.51. The molecule has 2 heterocycles. The summed E-state index contributed by atoms with van der Waals surface area (Å²) in [6.07, 6.45) is 2.09. The Hall–Kier alpha value is -2.80. The van der Waals surface area contributed by atoms with Gasteiger partial charge in [0.15, 0.2) is 0 Å².